The van der Waals surface area contributed by atoms with Crippen molar-refractivity contribution in [1.82, 2.24) is 0 Å². The van der Waals surface area contributed by atoms with Crippen LogP contribution in [0.15, 0.2) is 30.3 Å². The van der Waals surface area contributed by atoms with Gasteiger partial charge in [-0.15, -0.1) is 11.3 Å². The summed E-state index contributed by atoms with van der Waals surface area (Å²) in [4.78, 5) is 23.4. The molecule has 0 bridgehead atoms. The lowest BCUT2D eigenvalue weighted by atomic mass is 10.1. The number of hydrogen-bond donors (Lipinski definition) is 3. The van der Waals surface area contributed by atoms with E-state index in [4.69, 9.17) is 10.2 Å². The van der Waals surface area contributed by atoms with Crippen molar-refractivity contribution in [2.24, 2.45) is 0 Å². The quantitative estimate of drug-likeness (QED) is 0.763. The Hall–Kier alpha value is -2.34. The minimum absolute atomic E-state index is 0.0260. The Morgan fingerprint density at radius 3 is 2.52 bits per heavy atom. The molecule has 0 spiro atoms. The fourth-order valence-electron chi connectivity index (χ4n) is 1.89. The van der Waals surface area contributed by atoms with Gasteiger partial charge in [0.25, 0.3) is 0 Å². The molecule has 0 atom stereocenters. The Kier molecular flexibility index (Phi) is 4.59. The number of thiophene rings is 1. The molecule has 1 aromatic carbocycles. The van der Waals surface area contributed by atoms with Gasteiger partial charge in [0, 0.05) is 22.0 Å². The van der Waals surface area contributed by atoms with Crippen molar-refractivity contribution in [2.75, 3.05) is 5.32 Å². The first-order chi connectivity index (χ1) is 9.95. The second-order valence-electron chi connectivity index (χ2n) is 4.63. The number of aryl methyl sites for hydroxylation is 1. The lowest BCUT2D eigenvalue weighted by molar-refractivity contribution is -0.136. The maximum Gasteiger partial charge on any atom is 0.335 e. The monoisotopic (exact) mass is 305 g/mol. The number of anilines is 1. The van der Waals surface area contributed by atoms with Crippen molar-refractivity contribution >= 4 is 29.0 Å². The van der Waals surface area contributed by atoms with Crippen molar-refractivity contribution in [3.05, 3.63) is 51.2 Å². The minimum Gasteiger partial charge on any atom is -0.481 e. The van der Waals surface area contributed by atoms with Gasteiger partial charge in [-0.25, -0.2) is 4.79 Å². The molecule has 6 heteroatoms. The van der Waals surface area contributed by atoms with E-state index in [1.54, 1.807) is 24.3 Å². The van der Waals surface area contributed by atoms with E-state index in [2.05, 4.69) is 5.32 Å². The zero-order valence-corrected chi connectivity index (χ0v) is 12.2. The maximum absolute atomic E-state index is 11.0. The van der Waals surface area contributed by atoms with E-state index in [-0.39, 0.29) is 12.0 Å². The summed E-state index contributed by atoms with van der Waals surface area (Å²) in [7, 11) is 0. The Bertz CT molecular complexity index is 678. The molecule has 3 N–H and O–H groups in total. The Balaban J connectivity index is 2.05. The van der Waals surface area contributed by atoms with Gasteiger partial charge in [-0.05, 0) is 36.8 Å². The first kappa shape index (κ1) is 15.1. The van der Waals surface area contributed by atoms with E-state index in [9.17, 15) is 9.59 Å². The van der Waals surface area contributed by atoms with E-state index < -0.39 is 11.9 Å². The third-order valence-electron chi connectivity index (χ3n) is 2.98. The summed E-state index contributed by atoms with van der Waals surface area (Å²) in [5, 5.41) is 20.9. The highest BCUT2D eigenvalue weighted by Crippen LogP contribution is 2.21. The van der Waals surface area contributed by atoms with Crippen LogP contribution in [0.3, 0.4) is 0 Å². The molecule has 0 fully saturated rings. The summed E-state index contributed by atoms with van der Waals surface area (Å²) < 4.78 is 0. The molecular weight excluding hydrogens is 290 g/mol. The molecule has 21 heavy (non-hydrogen) atoms. The molecule has 0 radical (unpaired) electrons. The third-order valence-corrected chi connectivity index (χ3v) is 4.07. The van der Waals surface area contributed by atoms with E-state index in [0.717, 1.165) is 21.0 Å². The van der Waals surface area contributed by atoms with E-state index >= 15 is 0 Å². The number of hydrogen-bond acceptors (Lipinski definition) is 4. The second kappa shape index (κ2) is 6.41. The molecule has 0 aliphatic rings. The molecule has 0 aliphatic heterocycles. The van der Waals surface area contributed by atoms with Crippen molar-refractivity contribution in [3.8, 4) is 0 Å². The number of carbonyl (C=O) groups is 2. The SMILES string of the molecule is Cc1ccc(C(=O)O)cc1NCc1ccc(CC(=O)O)s1. The second-order valence-corrected chi connectivity index (χ2v) is 5.88. The van der Waals surface area contributed by atoms with Gasteiger partial charge in [0.05, 0.1) is 12.0 Å². The van der Waals surface area contributed by atoms with Crippen LogP contribution in [-0.4, -0.2) is 22.2 Å². The van der Waals surface area contributed by atoms with Crippen molar-refractivity contribution < 1.29 is 19.8 Å². The molecule has 5 nitrogen and oxygen atoms in total. The van der Waals surface area contributed by atoms with Crippen molar-refractivity contribution in [3.63, 3.8) is 0 Å². The summed E-state index contributed by atoms with van der Waals surface area (Å²) in [5.41, 5.74) is 1.96. The van der Waals surface area contributed by atoms with Gasteiger partial charge in [-0.3, -0.25) is 4.79 Å². The maximum atomic E-state index is 11.0. The van der Waals surface area contributed by atoms with Crippen LogP contribution in [0.25, 0.3) is 0 Å². The Morgan fingerprint density at radius 2 is 1.86 bits per heavy atom. The predicted molar refractivity (Wildman–Crippen MR) is 81.1 cm³/mol. The fourth-order valence-corrected chi connectivity index (χ4v) is 2.84. The summed E-state index contributed by atoms with van der Waals surface area (Å²) in [6.07, 6.45) is 0.0260. The normalized spacial score (nSPS) is 10.3. The lowest BCUT2D eigenvalue weighted by Crippen LogP contribution is -2.03. The van der Waals surface area contributed by atoms with E-state index in [0.29, 0.717) is 6.54 Å². The van der Waals surface area contributed by atoms with Gasteiger partial charge in [0.1, 0.15) is 0 Å². The largest absolute Gasteiger partial charge is 0.481 e. The topological polar surface area (TPSA) is 86.6 Å². The number of aliphatic carboxylic acids is 1. The van der Waals surface area contributed by atoms with Crippen LogP contribution >= 0.6 is 11.3 Å². The number of carboxylic acid groups (broad SMARTS) is 2. The molecule has 2 aromatic rings. The van der Waals surface area contributed by atoms with Crippen LogP contribution in [0, 0.1) is 6.92 Å². The van der Waals surface area contributed by atoms with Crippen LogP contribution < -0.4 is 5.32 Å². The van der Waals surface area contributed by atoms with Crippen LogP contribution in [0.4, 0.5) is 5.69 Å². The highest BCUT2D eigenvalue weighted by atomic mass is 32.1. The molecule has 0 saturated heterocycles. The minimum atomic E-state index is -0.960. The molecule has 110 valence electrons. The van der Waals surface area contributed by atoms with Crippen LogP contribution in [0.5, 0.6) is 0 Å². The molecule has 0 aliphatic carbocycles. The van der Waals surface area contributed by atoms with Crippen LogP contribution in [0.2, 0.25) is 0 Å². The highest BCUT2D eigenvalue weighted by molar-refractivity contribution is 7.12. The zero-order valence-electron chi connectivity index (χ0n) is 11.4. The van der Waals surface area contributed by atoms with Crippen molar-refractivity contribution in [1.29, 1.82) is 0 Å². The number of benzene rings is 1. The van der Waals surface area contributed by atoms with Crippen molar-refractivity contribution in [2.45, 2.75) is 19.9 Å². The number of aromatic carboxylic acids is 1. The molecule has 1 aromatic heterocycles. The number of rotatable bonds is 6. The summed E-state index contributed by atoms with van der Waals surface area (Å²) in [6, 6.07) is 8.61. The van der Waals surface area contributed by atoms with E-state index in [1.165, 1.54) is 11.3 Å². The van der Waals surface area contributed by atoms with E-state index in [1.807, 2.05) is 13.0 Å². The summed E-state index contributed by atoms with van der Waals surface area (Å²) in [6.45, 7) is 2.44. The average molecular weight is 305 g/mol. The highest BCUT2D eigenvalue weighted by Gasteiger charge is 2.08. The third kappa shape index (κ3) is 4.06. The van der Waals surface area contributed by atoms with Gasteiger partial charge < -0.3 is 15.5 Å². The summed E-state index contributed by atoms with van der Waals surface area (Å²) in [5.74, 6) is -1.81. The Labute approximate surface area is 125 Å². The van der Waals surface area contributed by atoms with Gasteiger partial charge in [-0.1, -0.05) is 6.07 Å². The smallest absolute Gasteiger partial charge is 0.335 e. The Morgan fingerprint density at radius 1 is 1.14 bits per heavy atom. The van der Waals surface area contributed by atoms with Gasteiger partial charge in [0.15, 0.2) is 0 Å². The molecule has 2 rings (SSSR count). The fraction of sp³-hybridized carbons (Fsp3) is 0.200. The molecule has 1 heterocycles. The molecule has 0 saturated carbocycles. The average Bonchev–Trinajstić information content (AvgIpc) is 2.84. The first-order valence-electron chi connectivity index (χ1n) is 6.33. The molecular formula is C15H15NO4S. The van der Waals surface area contributed by atoms with Gasteiger partial charge in [-0.2, -0.15) is 0 Å². The predicted octanol–water partition coefficient (Wildman–Crippen LogP) is 2.99. The number of nitrogens with one attached hydrogen (secondary N) is 1. The van der Waals surface area contributed by atoms with Crippen LogP contribution in [-0.2, 0) is 17.8 Å². The standard InChI is InChI=1S/C15H15NO4S/c1-9-2-3-10(15(19)20)6-13(9)16-8-12-5-4-11(21-12)7-14(17)18/h2-6,16H,7-8H2,1H3,(H,17,18)(H,19,20). The summed E-state index contributed by atoms with van der Waals surface area (Å²) >= 11 is 1.44. The molecule has 0 unspecified atom stereocenters. The van der Waals surface area contributed by atoms with Gasteiger partial charge >= 0.3 is 11.9 Å². The molecule has 0 amide bonds. The lowest BCUT2D eigenvalue weighted by Gasteiger charge is -2.09. The number of carboxylic acids is 2. The van der Waals surface area contributed by atoms with Gasteiger partial charge in [0.2, 0.25) is 0 Å². The first-order valence-corrected chi connectivity index (χ1v) is 7.14. The van der Waals surface area contributed by atoms with Crippen LogP contribution in [0.1, 0.15) is 25.7 Å². The zero-order chi connectivity index (χ0) is 15.4.